The minimum atomic E-state index is -0.787. The largest absolute Gasteiger partial charge is 0.462 e. The van der Waals surface area contributed by atoms with Gasteiger partial charge in [-0.3, -0.25) is 0 Å². The van der Waals surface area contributed by atoms with Crippen molar-refractivity contribution in [2.24, 2.45) is 0 Å². The Morgan fingerprint density at radius 1 is 1.11 bits per heavy atom. The highest BCUT2D eigenvalue weighted by atomic mass is 19.1. The third-order valence-electron chi connectivity index (χ3n) is 3.42. The first-order valence-corrected chi connectivity index (χ1v) is 8.02. The molecule has 1 aromatic heterocycles. The number of anilines is 4. The first-order chi connectivity index (χ1) is 13.1. The van der Waals surface area contributed by atoms with Gasteiger partial charge in [-0.25, -0.2) is 13.6 Å². The maximum Gasteiger partial charge on any atom is 0.340 e. The predicted octanol–water partition coefficient (Wildman–Crippen LogP) is 3.81. The molecular formula is C18H15F2N5O2. The molecule has 0 amide bonds. The van der Waals surface area contributed by atoms with Crippen LogP contribution in [0.3, 0.4) is 0 Å². The third kappa shape index (κ3) is 4.51. The first kappa shape index (κ1) is 18.2. The molecular weight excluding hydrogens is 356 g/mol. The fraction of sp³-hybridized carbons (Fsp3) is 0.111. The van der Waals surface area contributed by atoms with Gasteiger partial charge in [0.25, 0.3) is 0 Å². The number of carbonyl (C=O) groups excluding carboxylic acids is 1. The average molecular weight is 371 g/mol. The normalized spacial score (nSPS) is 10.3. The zero-order chi connectivity index (χ0) is 19.2. The molecule has 3 rings (SSSR count). The Bertz CT molecular complexity index is 968. The van der Waals surface area contributed by atoms with Gasteiger partial charge in [0.05, 0.1) is 29.7 Å². The Morgan fingerprint density at radius 2 is 1.93 bits per heavy atom. The molecule has 138 valence electrons. The molecule has 2 N–H and O–H groups in total. The van der Waals surface area contributed by atoms with Crippen LogP contribution in [0, 0.1) is 11.6 Å². The van der Waals surface area contributed by atoms with E-state index < -0.39 is 17.6 Å². The molecule has 3 aromatic rings. The molecule has 0 fully saturated rings. The number of halogens is 2. The van der Waals surface area contributed by atoms with Gasteiger partial charge < -0.3 is 15.4 Å². The number of rotatable bonds is 6. The molecule has 0 aliphatic heterocycles. The van der Waals surface area contributed by atoms with Gasteiger partial charge >= 0.3 is 5.97 Å². The van der Waals surface area contributed by atoms with E-state index in [1.54, 1.807) is 31.2 Å². The van der Waals surface area contributed by atoms with Gasteiger partial charge in [-0.2, -0.15) is 10.1 Å². The minimum Gasteiger partial charge on any atom is -0.462 e. The number of ether oxygens (including phenoxy) is 1. The van der Waals surface area contributed by atoms with Crippen molar-refractivity contribution in [3.63, 3.8) is 0 Å². The minimum absolute atomic E-state index is 0.000811. The highest BCUT2D eigenvalue weighted by Gasteiger charge is 2.13. The summed E-state index contributed by atoms with van der Waals surface area (Å²) in [5.74, 6) is -1.69. The molecule has 0 saturated carbocycles. The number of carbonyl (C=O) groups is 1. The van der Waals surface area contributed by atoms with Crippen LogP contribution < -0.4 is 10.6 Å². The lowest BCUT2D eigenvalue weighted by Crippen LogP contribution is -2.09. The highest BCUT2D eigenvalue weighted by molar-refractivity contribution is 5.96. The molecule has 7 nitrogen and oxygen atoms in total. The maximum atomic E-state index is 13.8. The van der Waals surface area contributed by atoms with Crippen molar-refractivity contribution in [3.05, 3.63) is 65.9 Å². The van der Waals surface area contributed by atoms with E-state index in [9.17, 15) is 13.6 Å². The van der Waals surface area contributed by atoms with Crippen LogP contribution in [0.1, 0.15) is 17.3 Å². The Labute approximate surface area is 153 Å². The molecule has 0 aliphatic carbocycles. The molecule has 0 aliphatic rings. The zero-order valence-corrected chi connectivity index (χ0v) is 14.2. The number of nitrogens with one attached hydrogen (secondary N) is 2. The number of aromatic nitrogens is 3. The van der Waals surface area contributed by atoms with Crippen LogP contribution in [0.5, 0.6) is 0 Å². The molecule has 0 unspecified atom stereocenters. The van der Waals surface area contributed by atoms with E-state index in [4.69, 9.17) is 4.74 Å². The Morgan fingerprint density at radius 3 is 2.70 bits per heavy atom. The molecule has 0 atom stereocenters. The van der Waals surface area contributed by atoms with Crippen LogP contribution in [0.15, 0.2) is 48.7 Å². The summed E-state index contributed by atoms with van der Waals surface area (Å²) in [6.45, 7) is 1.97. The van der Waals surface area contributed by atoms with Gasteiger partial charge in [0.2, 0.25) is 5.95 Å². The third-order valence-corrected chi connectivity index (χ3v) is 3.42. The van der Waals surface area contributed by atoms with E-state index in [0.717, 1.165) is 12.1 Å². The molecule has 2 aromatic carbocycles. The van der Waals surface area contributed by atoms with E-state index in [1.165, 1.54) is 12.3 Å². The number of nitrogens with zero attached hydrogens (tertiary/aromatic N) is 3. The lowest BCUT2D eigenvalue weighted by atomic mass is 10.2. The fourth-order valence-electron chi connectivity index (χ4n) is 2.24. The summed E-state index contributed by atoms with van der Waals surface area (Å²) >= 11 is 0. The molecule has 0 spiro atoms. The summed E-state index contributed by atoms with van der Waals surface area (Å²) in [7, 11) is 0. The number of benzene rings is 2. The second kappa shape index (κ2) is 8.17. The predicted molar refractivity (Wildman–Crippen MR) is 95.1 cm³/mol. The second-order valence-electron chi connectivity index (χ2n) is 5.31. The van der Waals surface area contributed by atoms with Crippen LogP contribution in [0.25, 0.3) is 0 Å². The number of esters is 1. The van der Waals surface area contributed by atoms with Gasteiger partial charge in [-0.15, -0.1) is 5.10 Å². The van der Waals surface area contributed by atoms with Crippen LogP contribution in [0.4, 0.5) is 31.9 Å². The van der Waals surface area contributed by atoms with E-state index in [2.05, 4.69) is 25.8 Å². The lowest BCUT2D eigenvalue weighted by molar-refractivity contribution is 0.0527. The molecule has 27 heavy (non-hydrogen) atoms. The van der Waals surface area contributed by atoms with E-state index in [-0.39, 0.29) is 24.1 Å². The molecule has 1 heterocycles. The SMILES string of the molecule is CCOC(=O)c1ccccc1Nc1cnnc(Nc2ccc(F)cc2F)n1. The van der Waals surface area contributed by atoms with Crippen molar-refractivity contribution in [2.45, 2.75) is 6.92 Å². The second-order valence-corrected chi connectivity index (χ2v) is 5.31. The van der Waals surface area contributed by atoms with Gasteiger partial charge in [-0.1, -0.05) is 12.1 Å². The van der Waals surface area contributed by atoms with Crippen molar-refractivity contribution >= 4 is 29.1 Å². The maximum absolute atomic E-state index is 13.8. The summed E-state index contributed by atoms with van der Waals surface area (Å²) in [5.41, 5.74) is 0.801. The van der Waals surface area contributed by atoms with Crippen LogP contribution >= 0.6 is 0 Å². The van der Waals surface area contributed by atoms with Crippen molar-refractivity contribution in [3.8, 4) is 0 Å². The quantitative estimate of drug-likeness (QED) is 0.637. The standard InChI is InChI=1S/C18H15F2N5O2/c1-2-27-17(26)12-5-3-4-6-14(12)22-16-10-21-25-18(24-16)23-15-8-7-11(19)9-13(15)20/h3-10H,2H2,1H3,(H2,22,23,24,25). The van der Waals surface area contributed by atoms with Crippen molar-refractivity contribution in [2.75, 3.05) is 17.2 Å². The first-order valence-electron chi connectivity index (χ1n) is 8.02. The molecule has 0 saturated heterocycles. The lowest BCUT2D eigenvalue weighted by Gasteiger charge is -2.11. The highest BCUT2D eigenvalue weighted by Crippen LogP contribution is 2.22. The van der Waals surface area contributed by atoms with Gasteiger partial charge in [0.15, 0.2) is 5.82 Å². The van der Waals surface area contributed by atoms with Crippen LogP contribution in [0.2, 0.25) is 0 Å². The van der Waals surface area contributed by atoms with Crippen LogP contribution in [-0.4, -0.2) is 27.8 Å². The van der Waals surface area contributed by atoms with E-state index in [1.807, 2.05) is 0 Å². The summed E-state index contributed by atoms with van der Waals surface area (Å²) in [5, 5.41) is 13.1. The molecule has 9 heteroatoms. The number of hydrogen-bond acceptors (Lipinski definition) is 7. The monoisotopic (exact) mass is 371 g/mol. The average Bonchev–Trinajstić information content (AvgIpc) is 2.65. The van der Waals surface area contributed by atoms with Crippen LogP contribution in [-0.2, 0) is 4.74 Å². The molecule has 0 radical (unpaired) electrons. The van der Waals surface area contributed by atoms with E-state index in [0.29, 0.717) is 11.3 Å². The Balaban J connectivity index is 1.82. The Kier molecular flexibility index (Phi) is 5.50. The molecule has 0 bridgehead atoms. The topological polar surface area (TPSA) is 89.0 Å². The van der Waals surface area contributed by atoms with Crippen molar-refractivity contribution in [1.29, 1.82) is 0 Å². The summed E-state index contributed by atoms with van der Waals surface area (Å²) in [6.07, 6.45) is 1.34. The number of hydrogen-bond donors (Lipinski definition) is 2. The smallest absolute Gasteiger partial charge is 0.340 e. The van der Waals surface area contributed by atoms with Gasteiger partial charge in [0.1, 0.15) is 11.6 Å². The van der Waals surface area contributed by atoms with Gasteiger partial charge in [0, 0.05) is 6.07 Å². The van der Waals surface area contributed by atoms with Gasteiger partial charge in [-0.05, 0) is 31.2 Å². The summed E-state index contributed by atoms with van der Waals surface area (Å²) < 4.78 is 31.8. The Hall–Kier alpha value is -3.62. The van der Waals surface area contributed by atoms with Crippen molar-refractivity contribution in [1.82, 2.24) is 15.2 Å². The fourth-order valence-corrected chi connectivity index (χ4v) is 2.24. The zero-order valence-electron chi connectivity index (χ0n) is 14.2. The number of para-hydroxylation sites is 1. The van der Waals surface area contributed by atoms with Crippen molar-refractivity contribution < 1.29 is 18.3 Å². The summed E-state index contributed by atoms with van der Waals surface area (Å²) in [6, 6.07) is 9.82. The summed E-state index contributed by atoms with van der Waals surface area (Å²) in [4.78, 5) is 16.2. The van der Waals surface area contributed by atoms with E-state index >= 15 is 0 Å².